The van der Waals surface area contributed by atoms with Crippen molar-refractivity contribution in [2.75, 3.05) is 25.0 Å². The lowest BCUT2D eigenvalue weighted by atomic mass is 9.91. The second-order valence-electron chi connectivity index (χ2n) is 7.62. The molecule has 1 saturated heterocycles. The molecule has 0 aliphatic carbocycles. The Morgan fingerprint density at radius 1 is 1.10 bits per heavy atom. The summed E-state index contributed by atoms with van der Waals surface area (Å²) >= 11 is 0. The molecule has 2 heterocycles. The second-order valence-corrected chi connectivity index (χ2v) is 9.53. The summed E-state index contributed by atoms with van der Waals surface area (Å²) in [5.74, 6) is 0.162. The van der Waals surface area contributed by atoms with Gasteiger partial charge in [0.25, 0.3) is 0 Å². The van der Waals surface area contributed by atoms with Crippen molar-refractivity contribution in [3.05, 3.63) is 53.6 Å². The molecule has 0 radical (unpaired) electrons. The highest BCUT2D eigenvalue weighted by molar-refractivity contribution is 7.91. The summed E-state index contributed by atoms with van der Waals surface area (Å²) in [5, 5.41) is 3.47. The van der Waals surface area contributed by atoms with Gasteiger partial charge in [0.15, 0.2) is 0 Å². The van der Waals surface area contributed by atoms with Gasteiger partial charge in [-0.05, 0) is 61.8 Å². The van der Waals surface area contributed by atoms with E-state index in [1.165, 1.54) is 18.2 Å². The minimum Gasteiger partial charge on any atom is -0.381 e. The molecule has 0 saturated carbocycles. The number of alkyl halides is 3. The molecule has 156 valence electrons. The van der Waals surface area contributed by atoms with E-state index in [2.05, 4.69) is 17.1 Å². The van der Waals surface area contributed by atoms with Crippen LogP contribution in [0.2, 0.25) is 0 Å². The lowest BCUT2D eigenvalue weighted by Gasteiger charge is -2.18. The third kappa shape index (κ3) is 3.64. The molecule has 0 aromatic heterocycles. The Labute approximate surface area is 168 Å². The van der Waals surface area contributed by atoms with Crippen molar-refractivity contribution in [2.24, 2.45) is 0 Å². The van der Waals surface area contributed by atoms with E-state index in [1.807, 2.05) is 0 Å². The SMILES string of the molecule is CCN1CC[C@@H]2Nc3ccc(S(=O)(=O)c4ccccc4C(F)(F)F)cc3[C@@H]2CC1. The Morgan fingerprint density at radius 2 is 1.83 bits per heavy atom. The number of likely N-dealkylation sites (tertiary alicyclic amines) is 1. The van der Waals surface area contributed by atoms with Gasteiger partial charge in [0.2, 0.25) is 9.84 Å². The smallest absolute Gasteiger partial charge is 0.381 e. The van der Waals surface area contributed by atoms with Crippen molar-refractivity contribution in [2.45, 2.75) is 47.7 Å². The summed E-state index contributed by atoms with van der Waals surface area (Å²) in [6.07, 6.45) is -2.90. The third-order valence-electron chi connectivity index (χ3n) is 6.00. The number of sulfone groups is 1. The van der Waals surface area contributed by atoms with Crippen LogP contribution in [0, 0.1) is 0 Å². The first-order valence-electron chi connectivity index (χ1n) is 9.76. The van der Waals surface area contributed by atoms with Gasteiger partial charge < -0.3 is 10.2 Å². The first kappa shape index (κ1) is 20.2. The molecular formula is C21H23F3N2O2S. The number of anilines is 1. The predicted octanol–water partition coefficient (Wildman–Crippen LogP) is 4.53. The Balaban J connectivity index is 1.73. The number of nitrogens with zero attached hydrogens (tertiary/aromatic N) is 1. The number of hydrogen-bond acceptors (Lipinski definition) is 4. The van der Waals surface area contributed by atoms with E-state index in [4.69, 9.17) is 0 Å². The molecule has 29 heavy (non-hydrogen) atoms. The summed E-state index contributed by atoms with van der Waals surface area (Å²) in [5.41, 5.74) is 0.635. The molecule has 8 heteroatoms. The van der Waals surface area contributed by atoms with E-state index in [9.17, 15) is 21.6 Å². The Bertz CT molecular complexity index is 1020. The fourth-order valence-electron chi connectivity index (χ4n) is 4.43. The summed E-state index contributed by atoms with van der Waals surface area (Å²) in [4.78, 5) is 1.57. The largest absolute Gasteiger partial charge is 0.417 e. The lowest BCUT2D eigenvalue weighted by molar-refractivity contribution is -0.139. The zero-order chi connectivity index (χ0) is 20.8. The molecular weight excluding hydrogens is 401 g/mol. The van der Waals surface area contributed by atoms with E-state index in [0.717, 1.165) is 55.9 Å². The van der Waals surface area contributed by atoms with Crippen molar-refractivity contribution >= 4 is 15.5 Å². The van der Waals surface area contributed by atoms with Crippen LogP contribution < -0.4 is 5.32 Å². The van der Waals surface area contributed by atoms with Crippen LogP contribution in [0.3, 0.4) is 0 Å². The van der Waals surface area contributed by atoms with Gasteiger partial charge in [0.1, 0.15) is 0 Å². The zero-order valence-corrected chi connectivity index (χ0v) is 16.9. The molecule has 1 fully saturated rings. The summed E-state index contributed by atoms with van der Waals surface area (Å²) in [7, 11) is -4.29. The lowest BCUT2D eigenvalue weighted by Crippen LogP contribution is -2.25. The van der Waals surface area contributed by atoms with Crippen molar-refractivity contribution in [3.63, 3.8) is 0 Å². The van der Waals surface area contributed by atoms with Crippen LogP contribution in [-0.2, 0) is 16.0 Å². The fraction of sp³-hybridized carbons (Fsp3) is 0.429. The molecule has 0 spiro atoms. The first-order chi connectivity index (χ1) is 13.7. The minimum atomic E-state index is -4.74. The van der Waals surface area contributed by atoms with Crippen molar-refractivity contribution in [1.82, 2.24) is 4.90 Å². The van der Waals surface area contributed by atoms with Gasteiger partial charge in [-0.1, -0.05) is 19.1 Å². The summed E-state index contributed by atoms with van der Waals surface area (Å²) in [6.45, 7) is 4.98. The molecule has 1 N–H and O–H groups in total. The molecule has 2 aromatic carbocycles. The van der Waals surface area contributed by atoms with Crippen molar-refractivity contribution < 1.29 is 21.6 Å². The van der Waals surface area contributed by atoms with E-state index in [0.29, 0.717) is 0 Å². The Morgan fingerprint density at radius 3 is 2.55 bits per heavy atom. The standard InChI is InChI=1S/C21H23F3N2O2S/c1-2-26-11-9-15-16-13-14(7-8-18(16)25-19(15)10-12-26)29(27,28)20-6-4-3-5-17(20)21(22,23)24/h3-8,13,15,19,25H,2,9-12H2,1H3/t15-,19-/m0/s1. The number of hydrogen-bond donors (Lipinski definition) is 1. The van der Waals surface area contributed by atoms with Crippen LogP contribution >= 0.6 is 0 Å². The van der Waals surface area contributed by atoms with E-state index >= 15 is 0 Å². The van der Waals surface area contributed by atoms with Gasteiger partial charge in [-0.15, -0.1) is 0 Å². The highest BCUT2D eigenvalue weighted by Gasteiger charge is 2.39. The second kappa shape index (κ2) is 7.32. The number of nitrogens with one attached hydrogen (secondary N) is 1. The quantitative estimate of drug-likeness (QED) is 0.787. The third-order valence-corrected chi connectivity index (χ3v) is 7.81. The highest BCUT2D eigenvalue weighted by atomic mass is 32.2. The first-order valence-corrected chi connectivity index (χ1v) is 11.2. The molecule has 0 bridgehead atoms. The molecule has 2 aliphatic rings. The maximum atomic E-state index is 13.4. The van der Waals surface area contributed by atoms with Crippen LogP contribution in [0.4, 0.5) is 18.9 Å². The van der Waals surface area contributed by atoms with Crippen LogP contribution in [0.25, 0.3) is 0 Å². The fourth-order valence-corrected chi connectivity index (χ4v) is 5.94. The monoisotopic (exact) mass is 424 g/mol. The molecule has 4 rings (SSSR count). The van der Waals surface area contributed by atoms with Crippen LogP contribution in [0.15, 0.2) is 52.3 Å². The molecule has 0 unspecified atom stereocenters. The maximum absolute atomic E-state index is 13.4. The van der Waals surface area contributed by atoms with Crippen LogP contribution in [0.1, 0.15) is 36.8 Å². The molecule has 0 amide bonds. The van der Waals surface area contributed by atoms with Crippen molar-refractivity contribution in [3.8, 4) is 0 Å². The average Bonchev–Trinajstić information content (AvgIpc) is 2.91. The average molecular weight is 424 g/mol. The van der Waals surface area contributed by atoms with Crippen LogP contribution in [-0.4, -0.2) is 39.0 Å². The van der Waals surface area contributed by atoms with Gasteiger partial charge in [0, 0.05) is 24.2 Å². The number of fused-ring (bicyclic) bond motifs is 3. The van der Waals surface area contributed by atoms with Crippen molar-refractivity contribution in [1.29, 1.82) is 0 Å². The predicted molar refractivity (Wildman–Crippen MR) is 105 cm³/mol. The van der Waals surface area contributed by atoms with Crippen LogP contribution in [0.5, 0.6) is 0 Å². The Hall–Kier alpha value is -2.06. The topological polar surface area (TPSA) is 49.4 Å². The normalized spacial score (nSPS) is 22.5. The number of benzene rings is 2. The van der Waals surface area contributed by atoms with E-state index < -0.39 is 26.5 Å². The van der Waals surface area contributed by atoms with Gasteiger partial charge >= 0.3 is 6.18 Å². The van der Waals surface area contributed by atoms with Gasteiger partial charge in [0.05, 0.1) is 15.4 Å². The minimum absolute atomic E-state index is 0.0907. The molecule has 2 aliphatic heterocycles. The number of halogens is 3. The van der Waals surface area contributed by atoms with Gasteiger partial charge in [-0.3, -0.25) is 0 Å². The zero-order valence-electron chi connectivity index (χ0n) is 16.0. The van der Waals surface area contributed by atoms with E-state index in [-0.39, 0.29) is 16.9 Å². The van der Waals surface area contributed by atoms with E-state index in [1.54, 1.807) is 12.1 Å². The molecule has 2 aromatic rings. The number of rotatable bonds is 3. The summed E-state index contributed by atoms with van der Waals surface area (Å²) < 4.78 is 66.3. The Kier molecular flexibility index (Phi) is 5.11. The van der Waals surface area contributed by atoms with Gasteiger partial charge in [-0.25, -0.2) is 8.42 Å². The summed E-state index contributed by atoms with van der Waals surface area (Å²) in [6, 6.07) is 9.23. The maximum Gasteiger partial charge on any atom is 0.417 e. The highest BCUT2D eigenvalue weighted by Crippen LogP contribution is 2.43. The molecule has 4 nitrogen and oxygen atoms in total. The van der Waals surface area contributed by atoms with Gasteiger partial charge in [-0.2, -0.15) is 13.2 Å². The molecule has 2 atom stereocenters.